The van der Waals surface area contributed by atoms with Crippen LogP contribution in [0.25, 0.3) is 0 Å². The summed E-state index contributed by atoms with van der Waals surface area (Å²) in [4.78, 5) is 28.8. The molecule has 2 heterocycles. The smallest absolute Gasteiger partial charge is 0.255 e. The Morgan fingerprint density at radius 1 is 1.27 bits per heavy atom. The summed E-state index contributed by atoms with van der Waals surface area (Å²) in [5, 5.41) is 5.45. The minimum atomic E-state index is -0.343. The molecule has 0 unspecified atom stereocenters. The number of hydrogen-bond donors (Lipinski definition) is 1. The number of nitrogens with one attached hydrogen (secondary N) is 1. The van der Waals surface area contributed by atoms with Gasteiger partial charge in [-0.05, 0) is 41.6 Å². The quantitative estimate of drug-likeness (QED) is 0.554. The van der Waals surface area contributed by atoms with Gasteiger partial charge in [0.1, 0.15) is 5.75 Å². The Morgan fingerprint density at radius 3 is 2.77 bits per heavy atom. The number of aryl methyl sites for hydroxylation is 1. The van der Waals surface area contributed by atoms with E-state index in [2.05, 4.69) is 5.32 Å². The molecule has 154 valence electrons. The highest BCUT2D eigenvalue weighted by atomic mass is 35.5. The van der Waals surface area contributed by atoms with Crippen molar-refractivity contribution >= 4 is 40.4 Å². The minimum Gasteiger partial charge on any atom is -0.495 e. The van der Waals surface area contributed by atoms with Crippen molar-refractivity contribution in [2.45, 2.75) is 25.9 Å². The van der Waals surface area contributed by atoms with Gasteiger partial charge in [0.25, 0.3) is 5.91 Å². The Morgan fingerprint density at radius 2 is 2.07 bits per heavy atom. The van der Waals surface area contributed by atoms with E-state index in [0.29, 0.717) is 28.6 Å². The molecule has 1 N–H and O–H groups in total. The summed E-state index contributed by atoms with van der Waals surface area (Å²) in [7, 11) is 1.53. The zero-order chi connectivity index (χ0) is 21.3. The van der Waals surface area contributed by atoms with Crippen molar-refractivity contribution in [3.8, 4) is 5.75 Å². The van der Waals surface area contributed by atoms with Gasteiger partial charge in [0.05, 0.1) is 25.3 Å². The van der Waals surface area contributed by atoms with Crippen molar-refractivity contribution in [3.05, 3.63) is 80.5 Å². The van der Waals surface area contributed by atoms with Crippen LogP contribution in [0.3, 0.4) is 0 Å². The van der Waals surface area contributed by atoms with Gasteiger partial charge in [-0.2, -0.15) is 0 Å². The first-order valence-electron chi connectivity index (χ1n) is 9.54. The van der Waals surface area contributed by atoms with E-state index >= 15 is 0 Å². The second-order valence-corrected chi connectivity index (χ2v) is 8.56. The first-order valence-corrected chi connectivity index (χ1v) is 10.8. The summed E-state index contributed by atoms with van der Waals surface area (Å²) in [5.74, 6) is 0.255. The lowest BCUT2D eigenvalue weighted by atomic mass is 10.1. The summed E-state index contributed by atoms with van der Waals surface area (Å²) in [5.41, 5.74) is 3.09. The van der Waals surface area contributed by atoms with Crippen LogP contribution in [0.2, 0.25) is 5.02 Å². The number of amides is 2. The molecule has 4 rings (SSSR count). The number of ether oxygens (including phenoxy) is 1. The lowest BCUT2D eigenvalue weighted by Gasteiger charge is -2.27. The predicted molar refractivity (Wildman–Crippen MR) is 119 cm³/mol. The maximum Gasteiger partial charge on any atom is 0.255 e. The number of carbonyl (C=O) groups excluding carboxylic acids is 2. The molecule has 7 heteroatoms. The van der Waals surface area contributed by atoms with Gasteiger partial charge in [-0.15, -0.1) is 11.3 Å². The number of methoxy groups -OCH3 is 1. The Balaban J connectivity index is 1.58. The number of benzene rings is 2. The molecule has 0 fully saturated rings. The van der Waals surface area contributed by atoms with E-state index in [4.69, 9.17) is 16.3 Å². The van der Waals surface area contributed by atoms with Crippen molar-refractivity contribution in [1.82, 2.24) is 4.90 Å². The predicted octanol–water partition coefficient (Wildman–Crippen LogP) is 5.44. The largest absolute Gasteiger partial charge is 0.495 e. The van der Waals surface area contributed by atoms with Crippen LogP contribution in [0, 0.1) is 6.92 Å². The number of anilines is 1. The second kappa shape index (κ2) is 8.50. The van der Waals surface area contributed by atoms with Gasteiger partial charge < -0.3 is 15.0 Å². The van der Waals surface area contributed by atoms with Crippen LogP contribution in [-0.4, -0.2) is 23.8 Å². The van der Waals surface area contributed by atoms with Crippen LogP contribution in [0.5, 0.6) is 5.75 Å². The zero-order valence-corrected chi connectivity index (χ0v) is 18.2. The van der Waals surface area contributed by atoms with Crippen molar-refractivity contribution in [2.75, 3.05) is 12.4 Å². The fourth-order valence-corrected chi connectivity index (χ4v) is 4.67. The Labute approximate surface area is 184 Å². The molecule has 3 aromatic rings. The molecule has 0 saturated heterocycles. The van der Waals surface area contributed by atoms with E-state index < -0.39 is 0 Å². The van der Waals surface area contributed by atoms with Crippen molar-refractivity contribution in [3.63, 3.8) is 0 Å². The van der Waals surface area contributed by atoms with E-state index in [1.807, 2.05) is 48.7 Å². The molecule has 1 atom stereocenters. The highest BCUT2D eigenvalue weighted by Gasteiger charge is 2.35. The average Bonchev–Trinajstić information content (AvgIpc) is 3.38. The fraction of sp³-hybridized carbons (Fsp3) is 0.217. The number of nitrogens with zero attached hydrogens (tertiary/aromatic N) is 1. The standard InChI is InChI=1S/C23H21ClN2O3S/c1-14-10-18(20(29-2)11-17(14)24)25-22(27)12-19(21-8-5-9-30-21)26-13-15-6-3-4-7-16(15)23(26)28/h3-11,19H,12-13H2,1-2H3,(H,25,27)/t19-/m0/s1. The summed E-state index contributed by atoms with van der Waals surface area (Å²) in [6.07, 6.45) is 0.144. The van der Waals surface area contributed by atoms with Crippen molar-refractivity contribution < 1.29 is 14.3 Å². The lowest BCUT2D eigenvalue weighted by Crippen LogP contribution is -2.31. The molecular formula is C23H21ClN2O3S. The van der Waals surface area contributed by atoms with Crippen LogP contribution in [0.4, 0.5) is 5.69 Å². The maximum absolute atomic E-state index is 13.0. The normalized spacial score (nSPS) is 13.8. The van der Waals surface area contributed by atoms with Crippen molar-refractivity contribution in [2.24, 2.45) is 0 Å². The molecule has 1 aliphatic heterocycles. The first-order chi connectivity index (χ1) is 14.5. The zero-order valence-electron chi connectivity index (χ0n) is 16.6. The van der Waals surface area contributed by atoms with E-state index in [9.17, 15) is 9.59 Å². The molecule has 30 heavy (non-hydrogen) atoms. The number of fused-ring (bicyclic) bond motifs is 1. The molecule has 2 aromatic carbocycles. The molecule has 5 nitrogen and oxygen atoms in total. The van der Waals surface area contributed by atoms with Gasteiger partial charge in [0, 0.05) is 28.1 Å². The maximum atomic E-state index is 13.0. The van der Waals surface area contributed by atoms with E-state index in [0.717, 1.165) is 16.0 Å². The van der Waals surface area contributed by atoms with Gasteiger partial charge in [0.2, 0.25) is 5.91 Å². The van der Waals surface area contributed by atoms with Gasteiger partial charge in [-0.25, -0.2) is 0 Å². The molecule has 0 radical (unpaired) electrons. The molecular weight excluding hydrogens is 420 g/mol. The van der Waals surface area contributed by atoms with E-state index in [-0.39, 0.29) is 24.3 Å². The number of carbonyl (C=O) groups is 2. The van der Waals surface area contributed by atoms with E-state index in [1.54, 1.807) is 28.4 Å². The highest BCUT2D eigenvalue weighted by molar-refractivity contribution is 7.10. The van der Waals surface area contributed by atoms with Gasteiger partial charge >= 0.3 is 0 Å². The molecule has 1 aliphatic rings. The Bertz CT molecular complexity index is 1100. The minimum absolute atomic E-state index is 0.0447. The number of thiophene rings is 1. The summed E-state index contributed by atoms with van der Waals surface area (Å²) in [6, 6.07) is 14.6. The van der Waals surface area contributed by atoms with Gasteiger partial charge in [0.15, 0.2) is 0 Å². The third kappa shape index (κ3) is 3.93. The monoisotopic (exact) mass is 440 g/mol. The van der Waals surface area contributed by atoms with E-state index in [1.165, 1.54) is 7.11 Å². The van der Waals surface area contributed by atoms with Crippen molar-refractivity contribution in [1.29, 1.82) is 0 Å². The summed E-state index contributed by atoms with van der Waals surface area (Å²) >= 11 is 7.71. The summed E-state index contributed by atoms with van der Waals surface area (Å²) < 4.78 is 5.36. The fourth-order valence-electron chi connectivity index (χ4n) is 3.68. The van der Waals surface area contributed by atoms with Crippen LogP contribution < -0.4 is 10.1 Å². The lowest BCUT2D eigenvalue weighted by molar-refractivity contribution is -0.117. The third-order valence-corrected chi connectivity index (χ3v) is 6.61. The molecule has 0 spiro atoms. The molecule has 0 saturated carbocycles. The van der Waals surface area contributed by atoms with Gasteiger partial charge in [-0.1, -0.05) is 35.9 Å². The summed E-state index contributed by atoms with van der Waals surface area (Å²) in [6.45, 7) is 2.36. The van der Waals surface area contributed by atoms with Crippen LogP contribution in [0.15, 0.2) is 53.9 Å². The molecule has 0 aliphatic carbocycles. The first kappa shape index (κ1) is 20.4. The number of rotatable bonds is 6. The molecule has 2 amide bonds. The van der Waals surface area contributed by atoms with Crippen LogP contribution >= 0.6 is 22.9 Å². The average molecular weight is 441 g/mol. The molecule has 1 aromatic heterocycles. The van der Waals surface area contributed by atoms with Crippen LogP contribution in [0.1, 0.15) is 38.8 Å². The SMILES string of the molecule is COc1cc(Cl)c(C)cc1NC(=O)C[C@@H](c1cccs1)N1Cc2ccccc2C1=O. The van der Waals surface area contributed by atoms with Gasteiger partial charge in [-0.3, -0.25) is 9.59 Å². The Kier molecular flexibility index (Phi) is 5.79. The van der Waals surface area contributed by atoms with Crippen LogP contribution in [-0.2, 0) is 11.3 Å². The second-order valence-electron chi connectivity index (χ2n) is 7.18. The Hall–Kier alpha value is -2.83. The highest BCUT2D eigenvalue weighted by Crippen LogP contribution is 2.36. The topological polar surface area (TPSA) is 58.6 Å². The molecule has 0 bridgehead atoms. The number of halogens is 1. The number of hydrogen-bond acceptors (Lipinski definition) is 4. The third-order valence-electron chi connectivity index (χ3n) is 5.23.